The molecule has 7 heteroatoms. The van der Waals surface area contributed by atoms with Crippen molar-refractivity contribution in [2.45, 2.75) is 20.3 Å². The van der Waals surface area contributed by atoms with Crippen LogP contribution < -0.4 is 5.84 Å². The second-order valence-corrected chi connectivity index (χ2v) is 5.16. The predicted molar refractivity (Wildman–Crippen MR) is 71.1 cm³/mol. The highest BCUT2D eigenvalue weighted by molar-refractivity contribution is 7.99. The smallest absolute Gasteiger partial charge is 0.320 e. The van der Waals surface area contributed by atoms with Crippen molar-refractivity contribution in [2.75, 3.05) is 24.7 Å². The number of thioether (sulfide) groups is 1. The molecule has 0 aromatic rings. The van der Waals surface area contributed by atoms with E-state index in [9.17, 15) is 9.59 Å². The third kappa shape index (κ3) is 3.99. The van der Waals surface area contributed by atoms with Gasteiger partial charge in [0.05, 0.1) is 13.2 Å². The first-order valence-corrected chi connectivity index (χ1v) is 7.13. The molecule has 1 atom stereocenters. The first-order valence-electron chi connectivity index (χ1n) is 5.98. The zero-order chi connectivity index (χ0) is 13.5. The molecule has 6 nitrogen and oxygen atoms in total. The van der Waals surface area contributed by atoms with Gasteiger partial charge in [0.1, 0.15) is 5.84 Å². The second kappa shape index (κ2) is 7.38. The van der Waals surface area contributed by atoms with Gasteiger partial charge in [0.15, 0.2) is 5.92 Å². The minimum absolute atomic E-state index is 0.146. The first-order chi connectivity index (χ1) is 8.60. The van der Waals surface area contributed by atoms with E-state index in [0.29, 0.717) is 12.3 Å². The van der Waals surface area contributed by atoms with Gasteiger partial charge in [-0.15, -0.1) is 0 Å². The molecule has 102 valence electrons. The van der Waals surface area contributed by atoms with Crippen LogP contribution in [-0.4, -0.2) is 47.4 Å². The van der Waals surface area contributed by atoms with Crippen molar-refractivity contribution >= 4 is 29.5 Å². The van der Waals surface area contributed by atoms with Gasteiger partial charge in [-0.25, -0.2) is 5.84 Å². The zero-order valence-electron chi connectivity index (χ0n) is 10.7. The Labute approximate surface area is 111 Å². The Kier molecular flexibility index (Phi) is 6.14. The zero-order valence-corrected chi connectivity index (χ0v) is 11.5. The van der Waals surface area contributed by atoms with Gasteiger partial charge in [-0.05, 0) is 12.7 Å². The SMILES string of the molecule is CCOC(=O)C1CN(N)C(CCSCC)=NC1=O. The quantitative estimate of drug-likeness (QED) is 0.327. The molecule has 0 aliphatic carbocycles. The van der Waals surface area contributed by atoms with Crippen molar-refractivity contribution in [3.63, 3.8) is 0 Å². The highest BCUT2D eigenvalue weighted by Gasteiger charge is 2.34. The van der Waals surface area contributed by atoms with Crippen LogP contribution in [0.1, 0.15) is 20.3 Å². The maximum absolute atomic E-state index is 11.7. The third-order valence-electron chi connectivity index (χ3n) is 2.49. The Morgan fingerprint density at radius 1 is 1.61 bits per heavy atom. The Hall–Kier alpha value is -1.08. The number of aliphatic imine (C=N–C) groups is 1. The van der Waals surface area contributed by atoms with Gasteiger partial charge >= 0.3 is 5.97 Å². The van der Waals surface area contributed by atoms with Crippen LogP contribution in [0.2, 0.25) is 0 Å². The Morgan fingerprint density at radius 3 is 2.94 bits per heavy atom. The molecule has 1 amide bonds. The van der Waals surface area contributed by atoms with E-state index in [1.165, 1.54) is 5.01 Å². The molecule has 0 spiro atoms. The van der Waals surface area contributed by atoms with Crippen LogP contribution in [0.15, 0.2) is 4.99 Å². The van der Waals surface area contributed by atoms with Crippen LogP contribution in [0.3, 0.4) is 0 Å². The normalized spacial score (nSPS) is 19.7. The van der Waals surface area contributed by atoms with Gasteiger partial charge in [0, 0.05) is 12.2 Å². The molecule has 1 unspecified atom stereocenters. The fraction of sp³-hybridized carbons (Fsp3) is 0.727. The van der Waals surface area contributed by atoms with E-state index in [2.05, 4.69) is 11.9 Å². The molecule has 0 aromatic carbocycles. The minimum Gasteiger partial charge on any atom is -0.465 e. The van der Waals surface area contributed by atoms with E-state index in [1.807, 2.05) is 0 Å². The van der Waals surface area contributed by atoms with Crippen LogP contribution in [0.25, 0.3) is 0 Å². The molecule has 0 bridgehead atoms. The number of esters is 1. The summed E-state index contributed by atoms with van der Waals surface area (Å²) in [5.41, 5.74) is 0. The Bertz CT molecular complexity index is 346. The summed E-state index contributed by atoms with van der Waals surface area (Å²) in [5, 5.41) is 1.37. The van der Waals surface area contributed by atoms with Gasteiger partial charge in [-0.3, -0.25) is 14.6 Å². The number of amidine groups is 1. The number of hydrazine groups is 1. The maximum atomic E-state index is 11.7. The molecule has 1 aliphatic heterocycles. The molecule has 1 aliphatic rings. The number of ether oxygens (including phenoxy) is 1. The summed E-state index contributed by atoms with van der Waals surface area (Å²) in [5.74, 6) is 6.30. The predicted octanol–water partition coefficient (Wildman–Crippen LogP) is 0.423. The molecule has 0 saturated carbocycles. The van der Waals surface area contributed by atoms with Crippen molar-refractivity contribution in [3.8, 4) is 0 Å². The lowest BCUT2D eigenvalue weighted by molar-refractivity contribution is -0.152. The summed E-state index contributed by atoms with van der Waals surface area (Å²) in [4.78, 5) is 27.1. The lowest BCUT2D eigenvalue weighted by atomic mass is 10.1. The van der Waals surface area contributed by atoms with Crippen LogP contribution in [-0.2, 0) is 14.3 Å². The van der Waals surface area contributed by atoms with Crippen molar-refractivity contribution in [3.05, 3.63) is 0 Å². The largest absolute Gasteiger partial charge is 0.465 e. The number of amides is 1. The molecule has 1 rings (SSSR count). The van der Waals surface area contributed by atoms with Gasteiger partial charge in [-0.2, -0.15) is 16.8 Å². The van der Waals surface area contributed by atoms with Crippen LogP contribution in [0.4, 0.5) is 0 Å². The minimum atomic E-state index is -0.891. The number of hydrogen-bond donors (Lipinski definition) is 1. The van der Waals surface area contributed by atoms with Gasteiger partial charge in [-0.1, -0.05) is 6.92 Å². The standard InChI is InChI=1S/C11H19N3O3S/c1-3-17-11(16)8-7-14(12)9(13-10(8)15)5-6-18-4-2/h8H,3-7,12H2,1-2H3. The maximum Gasteiger partial charge on any atom is 0.320 e. The molecule has 0 saturated heterocycles. The summed E-state index contributed by atoms with van der Waals surface area (Å²) in [7, 11) is 0. The van der Waals surface area contributed by atoms with Crippen LogP contribution >= 0.6 is 11.8 Å². The fourth-order valence-corrected chi connectivity index (χ4v) is 2.19. The number of carbonyl (C=O) groups is 2. The van der Waals surface area contributed by atoms with Gasteiger partial charge in [0.25, 0.3) is 5.91 Å². The van der Waals surface area contributed by atoms with Crippen LogP contribution in [0, 0.1) is 5.92 Å². The topological polar surface area (TPSA) is 85.0 Å². The summed E-state index contributed by atoms with van der Waals surface area (Å²) in [6.45, 7) is 4.15. The van der Waals surface area contributed by atoms with Crippen molar-refractivity contribution in [2.24, 2.45) is 16.8 Å². The molecule has 1 heterocycles. The number of nitrogens with two attached hydrogens (primary N) is 1. The number of hydrogen-bond acceptors (Lipinski definition) is 6. The monoisotopic (exact) mass is 273 g/mol. The Balaban J connectivity index is 2.62. The average molecular weight is 273 g/mol. The fourth-order valence-electron chi connectivity index (χ4n) is 1.58. The van der Waals surface area contributed by atoms with Crippen molar-refractivity contribution in [1.29, 1.82) is 0 Å². The van der Waals surface area contributed by atoms with E-state index in [1.54, 1.807) is 18.7 Å². The molecule has 0 radical (unpaired) electrons. The average Bonchev–Trinajstić information content (AvgIpc) is 2.33. The number of carbonyl (C=O) groups excluding carboxylic acids is 2. The molecule has 0 fully saturated rings. The van der Waals surface area contributed by atoms with E-state index in [-0.39, 0.29) is 13.2 Å². The number of rotatable bonds is 6. The molecular formula is C11H19N3O3S. The van der Waals surface area contributed by atoms with Gasteiger partial charge in [0.2, 0.25) is 0 Å². The van der Waals surface area contributed by atoms with Crippen molar-refractivity contribution in [1.82, 2.24) is 5.01 Å². The second-order valence-electron chi connectivity index (χ2n) is 3.77. The lowest BCUT2D eigenvalue weighted by Crippen LogP contribution is -2.49. The molecular weight excluding hydrogens is 254 g/mol. The summed E-state index contributed by atoms with van der Waals surface area (Å²) < 4.78 is 4.82. The highest BCUT2D eigenvalue weighted by Crippen LogP contribution is 2.14. The number of nitrogens with zero attached hydrogens (tertiary/aromatic N) is 2. The van der Waals surface area contributed by atoms with Crippen molar-refractivity contribution < 1.29 is 14.3 Å². The summed E-state index contributed by atoms with van der Waals surface area (Å²) in [6.07, 6.45) is 0.635. The first kappa shape index (κ1) is 15.0. The van der Waals surface area contributed by atoms with Gasteiger partial charge < -0.3 is 4.74 Å². The van der Waals surface area contributed by atoms with E-state index in [4.69, 9.17) is 10.6 Å². The third-order valence-corrected chi connectivity index (χ3v) is 3.39. The molecule has 2 N–H and O–H groups in total. The molecule has 0 aromatic heterocycles. The highest BCUT2D eigenvalue weighted by atomic mass is 32.2. The molecule has 18 heavy (non-hydrogen) atoms. The Morgan fingerprint density at radius 2 is 2.33 bits per heavy atom. The van der Waals surface area contributed by atoms with Crippen LogP contribution in [0.5, 0.6) is 0 Å². The summed E-state index contributed by atoms with van der Waals surface area (Å²) in [6, 6.07) is 0. The lowest BCUT2D eigenvalue weighted by Gasteiger charge is -2.27. The summed E-state index contributed by atoms with van der Waals surface area (Å²) >= 11 is 1.75. The van der Waals surface area contributed by atoms with E-state index >= 15 is 0 Å². The van der Waals surface area contributed by atoms with E-state index < -0.39 is 17.8 Å². The van der Waals surface area contributed by atoms with E-state index in [0.717, 1.165) is 11.5 Å².